The summed E-state index contributed by atoms with van der Waals surface area (Å²) in [5.41, 5.74) is 3.03. The monoisotopic (exact) mass is 460 g/mol. The van der Waals surface area contributed by atoms with Crippen LogP contribution in [0.1, 0.15) is 10.4 Å². The molecule has 0 saturated carbocycles. The number of rotatable bonds is 3. The van der Waals surface area contributed by atoms with Gasteiger partial charge in [-0.3, -0.25) is 4.79 Å². The predicted octanol–water partition coefficient (Wildman–Crippen LogP) is 6.82. The van der Waals surface area contributed by atoms with Crippen molar-refractivity contribution in [2.75, 3.05) is 5.32 Å². The van der Waals surface area contributed by atoms with E-state index in [0.29, 0.717) is 38.3 Å². The van der Waals surface area contributed by atoms with Crippen LogP contribution in [0.15, 0.2) is 69.6 Å². The van der Waals surface area contributed by atoms with E-state index >= 15 is 0 Å². The van der Waals surface area contributed by atoms with Crippen molar-refractivity contribution >= 4 is 61.8 Å². The lowest BCUT2D eigenvalue weighted by molar-refractivity contribution is 0.102. The third-order valence-electron chi connectivity index (χ3n) is 3.91. The summed E-state index contributed by atoms with van der Waals surface area (Å²) in [4.78, 5) is 17.0. The number of amides is 1. The molecule has 134 valence electrons. The van der Waals surface area contributed by atoms with E-state index in [2.05, 4.69) is 26.2 Å². The summed E-state index contributed by atoms with van der Waals surface area (Å²) in [6, 6.07) is 17.7. The van der Waals surface area contributed by atoms with E-state index < -0.39 is 0 Å². The molecule has 1 N–H and O–H groups in total. The number of fused-ring (bicyclic) bond motifs is 1. The molecule has 4 nitrogen and oxygen atoms in total. The molecular formula is C20H11BrCl2N2O2. The fourth-order valence-electron chi connectivity index (χ4n) is 2.59. The summed E-state index contributed by atoms with van der Waals surface area (Å²) in [5, 5.41) is 3.58. The number of benzene rings is 3. The molecule has 0 radical (unpaired) electrons. The number of hydrogen-bond donors (Lipinski definition) is 1. The molecule has 0 aliphatic carbocycles. The molecule has 0 atom stereocenters. The Balaban J connectivity index is 1.62. The van der Waals surface area contributed by atoms with E-state index in [4.69, 9.17) is 27.6 Å². The molecule has 0 bridgehead atoms. The number of hydrogen-bond acceptors (Lipinski definition) is 3. The number of carbonyl (C=O) groups is 1. The first-order valence-electron chi connectivity index (χ1n) is 7.92. The van der Waals surface area contributed by atoms with Crippen molar-refractivity contribution in [1.82, 2.24) is 4.98 Å². The number of nitrogens with zero attached hydrogens (tertiary/aromatic N) is 1. The zero-order valence-corrected chi connectivity index (χ0v) is 16.8. The second-order valence-corrected chi connectivity index (χ2v) is 7.55. The maximum atomic E-state index is 12.5. The summed E-state index contributed by atoms with van der Waals surface area (Å²) >= 11 is 15.4. The van der Waals surface area contributed by atoms with Crippen LogP contribution in [-0.4, -0.2) is 10.9 Å². The molecular weight excluding hydrogens is 451 g/mol. The zero-order valence-electron chi connectivity index (χ0n) is 13.7. The standard InChI is InChI=1S/C20H11BrCl2N2O2/c21-12-3-1-11(2-4-12)20-25-17-10-14(6-8-18(17)27-20)24-19(26)15-9-13(22)5-7-16(15)23/h1-10H,(H,24,26). The van der Waals surface area contributed by atoms with Gasteiger partial charge in [0.1, 0.15) is 5.52 Å². The molecule has 4 aromatic rings. The maximum absolute atomic E-state index is 12.5. The van der Waals surface area contributed by atoms with Crippen molar-refractivity contribution in [2.24, 2.45) is 0 Å². The minimum atomic E-state index is -0.349. The van der Waals surface area contributed by atoms with E-state index in [0.717, 1.165) is 10.0 Å². The number of aromatic nitrogens is 1. The highest BCUT2D eigenvalue weighted by Crippen LogP contribution is 2.28. The molecule has 4 rings (SSSR count). The van der Waals surface area contributed by atoms with Crippen molar-refractivity contribution in [1.29, 1.82) is 0 Å². The lowest BCUT2D eigenvalue weighted by atomic mass is 10.2. The van der Waals surface area contributed by atoms with Gasteiger partial charge in [0, 0.05) is 20.7 Å². The van der Waals surface area contributed by atoms with Crippen LogP contribution in [0, 0.1) is 0 Å². The maximum Gasteiger partial charge on any atom is 0.257 e. The Labute approximate surface area is 173 Å². The third-order valence-corrected chi connectivity index (χ3v) is 5.00. The minimum Gasteiger partial charge on any atom is -0.436 e. The van der Waals surface area contributed by atoms with Crippen molar-refractivity contribution in [3.63, 3.8) is 0 Å². The van der Waals surface area contributed by atoms with E-state index in [9.17, 15) is 4.79 Å². The second-order valence-electron chi connectivity index (χ2n) is 5.79. The summed E-state index contributed by atoms with van der Waals surface area (Å²) in [6.07, 6.45) is 0. The van der Waals surface area contributed by atoms with Crippen LogP contribution >= 0.6 is 39.1 Å². The van der Waals surface area contributed by atoms with Gasteiger partial charge in [0.2, 0.25) is 5.89 Å². The predicted molar refractivity (Wildman–Crippen MR) is 112 cm³/mol. The van der Waals surface area contributed by atoms with Gasteiger partial charge in [0.05, 0.1) is 10.6 Å². The molecule has 0 spiro atoms. The third kappa shape index (κ3) is 3.86. The van der Waals surface area contributed by atoms with Gasteiger partial charge in [0.15, 0.2) is 5.58 Å². The summed E-state index contributed by atoms with van der Waals surface area (Å²) < 4.78 is 6.77. The normalized spacial score (nSPS) is 10.9. The Morgan fingerprint density at radius 3 is 2.56 bits per heavy atom. The fraction of sp³-hybridized carbons (Fsp3) is 0. The Morgan fingerprint density at radius 1 is 1.00 bits per heavy atom. The number of halogens is 3. The smallest absolute Gasteiger partial charge is 0.257 e. The number of anilines is 1. The van der Waals surface area contributed by atoms with Crippen LogP contribution in [0.2, 0.25) is 10.0 Å². The van der Waals surface area contributed by atoms with Crippen molar-refractivity contribution < 1.29 is 9.21 Å². The Morgan fingerprint density at radius 2 is 1.78 bits per heavy atom. The van der Waals surface area contributed by atoms with E-state index in [1.807, 2.05) is 24.3 Å². The van der Waals surface area contributed by atoms with Crippen LogP contribution in [0.5, 0.6) is 0 Å². The molecule has 0 saturated heterocycles. The highest BCUT2D eigenvalue weighted by atomic mass is 79.9. The highest BCUT2D eigenvalue weighted by molar-refractivity contribution is 9.10. The van der Waals surface area contributed by atoms with Crippen molar-refractivity contribution in [3.05, 3.63) is 80.7 Å². The Bertz CT molecular complexity index is 1160. The van der Waals surface area contributed by atoms with Gasteiger partial charge >= 0.3 is 0 Å². The summed E-state index contributed by atoms with van der Waals surface area (Å²) in [7, 11) is 0. The molecule has 1 heterocycles. The highest BCUT2D eigenvalue weighted by Gasteiger charge is 2.13. The van der Waals surface area contributed by atoms with E-state index in [1.54, 1.807) is 30.3 Å². The van der Waals surface area contributed by atoms with Gasteiger partial charge in [-0.15, -0.1) is 0 Å². The molecule has 1 amide bonds. The van der Waals surface area contributed by atoms with Gasteiger partial charge < -0.3 is 9.73 Å². The van der Waals surface area contributed by atoms with Crippen LogP contribution in [0.4, 0.5) is 5.69 Å². The minimum absolute atomic E-state index is 0.306. The SMILES string of the molecule is O=C(Nc1ccc2oc(-c3ccc(Br)cc3)nc2c1)c1cc(Cl)ccc1Cl. The van der Waals surface area contributed by atoms with Crippen molar-refractivity contribution in [3.8, 4) is 11.5 Å². The molecule has 7 heteroatoms. The first-order valence-corrected chi connectivity index (χ1v) is 9.47. The number of carbonyl (C=O) groups excluding carboxylic acids is 1. The van der Waals surface area contributed by atoms with Gasteiger partial charge in [-0.2, -0.15) is 0 Å². The van der Waals surface area contributed by atoms with Crippen LogP contribution in [0.3, 0.4) is 0 Å². The average Bonchev–Trinajstić information content (AvgIpc) is 3.07. The van der Waals surface area contributed by atoms with Gasteiger partial charge in [-0.1, -0.05) is 39.1 Å². The Hall–Kier alpha value is -2.34. The van der Waals surface area contributed by atoms with Crippen LogP contribution in [-0.2, 0) is 0 Å². The molecule has 0 aliphatic heterocycles. The number of oxazole rings is 1. The van der Waals surface area contributed by atoms with Gasteiger partial charge in [0.25, 0.3) is 5.91 Å². The zero-order chi connectivity index (χ0) is 19.0. The van der Waals surface area contributed by atoms with E-state index in [1.165, 1.54) is 6.07 Å². The molecule has 0 aliphatic rings. The average molecular weight is 462 g/mol. The van der Waals surface area contributed by atoms with Gasteiger partial charge in [-0.25, -0.2) is 4.98 Å². The fourth-order valence-corrected chi connectivity index (χ4v) is 3.23. The first kappa shape index (κ1) is 18.0. The topological polar surface area (TPSA) is 55.1 Å². The second kappa shape index (κ2) is 7.35. The van der Waals surface area contributed by atoms with Gasteiger partial charge in [-0.05, 0) is 60.7 Å². The quantitative estimate of drug-likeness (QED) is 0.364. The molecule has 0 unspecified atom stereocenters. The molecule has 0 fully saturated rings. The van der Waals surface area contributed by atoms with Crippen LogP contribution < -0.4 is 5.32 Å². The molecule has 27 heavy (non-hydrogen) atoms. The van der Waals surface area contributed by atoms with E-state index in [-0.39, 0.29) is 5.91 Å². The molecule has 1 aromatic heterocycles. The first-order chi connectivity index (χ1) is 13.0. The Kier molecular flexibility index (Phi) is 4.91. The largest absolute Gasteiger partial charge is 0.436 e. The lowest BCUT2D eigenvalue weighted by Crippen LogP contribution is -2.12. The molecule has 3 aromatic carbocycles. The number of nitrogens with one attached hydrogen (secondary N) is 1. The summed E-state index contributed by atoms with van der Waals surface area (Å²) in [5.74, 6) is 0.164. The summed E-state index contributed by atoms with van der Waals surface area (Å²) in [6.45, 7) is 0. The van der Waals surface area contributed by atoms with Crippen molar-refractivity contribution in [2.45, 2.75) is 0 Å². The van der Waals surface area contributed by atoms with Crippen LogP contribution in [0.25, 0.3) is 22.6 Å². The lowest BCUT2D eigenvalue weighted by Gasteiger charge is -2.07.